The molecule has 0 radical (unpaired) electrons. The topological polar surface area (TPSA) is 48.5 Å². The van der Waals surface area contributed by atoms with Crippen molar-refractivity contribution in [2.24, 2.45) is 0 Å². The fourth-order valence-electron chi connectivity index (χ4n) is 3.39. The van der Waals surface area contributed by atoms with Gasteiger partial charge in [0, 0.05) is 45.1 Å². The number of aromatic nitrogens is 1. The third-order valence-electron chi connectivity index (χ3n) is 5.19. The lowest BCUT2D eigenvalue weighted by Crippen LogP contribution is -2.53. The molecule has 6 heteroatoms. The van der Waals surface area contributed by atoms with Gasteiger partial charge in [0.15, 0.2) is 0 Å². The Morgan fingerprint density at radius 2 is 1.85 bits per heavy atom. The van der Waals surface area contributed by atoms with Gasteiger partial charge in [0.1, 0.15) is 5.82 Å². The van der Waals surface area contributed by atoms with E-state index in [0.717, 1.165) is 38.3 Å². The molecule has 0 bridgehead atoms. The molecule has 144 valence electrons. The summed E-state index contributed by atoms with van der Waals surface area (Å²) in [4.78, 5) is 21.4. The number of benzene rings is 1. The Labute approximate surface area is 160 Å². The Hall–Kier alpha value is -2.31. The van der Waals surface area contributed by atoms with Crippen LogP contribution in [0.4, 0.5) is 4.39 Å². The summed E-state index contributed by atoms with van der Waals surface area (Å²) in [6.45, 7) is 8.34. The monoisotopic (exact) mass is 370 g/mol. The van der Waals surface area contributed by atoms with E-state index >= 15 is 0 Å². The van der Waals surface area contributed by atoms with E-state index in [1.54, 1.807) is 18.3 Å². The number of nitrogens with zero attached hydrogens (tertiary/aromatic N) is 3. The molecule has 5 nitrogen and oxygen atoms in total. The molecular formula is C21H27FN4O. The van der Waals surface area contributed by atoms with Crippen LogP contribution in [-0.4, -0.2) is 52.9 Å². The second kappa shape index (κ2) is 9.06. The van der Waals surface area contributed by atoms with E-state index in [4.69, 9.17) is 0 Å². The Bertz CT molecular complexity index is 730. The van der Waals surface area contributed by atoms with Gasteiger partial charge in [0.2, 0.25) is 5.91 Å². The van der Waals surface area contributed by atoms with E-state index in [9.17, 15) is 9.18 Å². The number of rotatable bonds is 6. The first kappa shape index (κ1) is 19.5. The van der Waals surface area contributed by atoms with Crippen LogP contribution >= 0.6 is 0 Å². The first-order valence-electron chi connectivity index (χ1n) is 9.44. The number of piperazine rings is 1. The highest BCUT2D eigenvalue weighted by Crippen LogP contribution is 2.15. The minimum absolute atomic E-state index is 0.00698. The molecule has 1 aliphatic rings. The molecule has 1 aliphatic heterocycles. The van der Waals surface area contributed by atoms with Crippen LogP contribution in [0.1, 0.15) is 31.0 Å². The summed E-state index contributed by atoms with van der Waals surface area (Å²) in [7, 11) is 0. The van der Waals surface area contributed by atoms with Crippen molar-refractivity contribution in [2.45, 2.75) is 32.5 Å². The molecule has 0 saturated carbocycles. The third-order valence-corrected chi connectivity index (χ3v) is 5.19. The van der Waals surface area contributed by atoms with Crippen LogP contribution in [0, 0.1) is 5.82 Å². The smallest absolute Gasteiger partial charge is 0.237 e. The van der Waals surface area contributed by atoms with Crippen LogP contribution in [0.2, 0.25) is 0 Å². The molecule has 1 amide bonds. The predicted octanol–water partition coefficient (Wildman–Crippen LogP) is 2.60. The van der Waals surface area contributed by atoms with Gasteiger partial charge in [-0.15, -0.1) is 0 Å². The zero-order chi connectivity index (χ0) is 19.2. The number of hydrogen-bond acceptors (Lipinski definition) is 4. The Morgan fingerprint density at radius 3 is 2.48 bits per heavy atom. The maximum Gasteiger partial charge on any atom is 0.237 e. The largest absolute Gasteiger partial charge is 0.348 e. The van der Waals surface area contributed by atoms with Gasteiger partial charge < -0.3 is 5.32 Å². The van der Waals surface area contributed by atoms with Crippen molar-refractivity contribution in [1.82, 2.24) is 20.1 Å². The van der Waals surface area contributed by atoms with Crippen molar-refractivity contribution >= 4 is 5.91 Å². The number of amides is 1. The quantitative estimate of drug-likeness (QED) is 0.849. The second-order valence-electron chi connectivity index (χ2n) is 7.13. The van der Waals surface area contributed by atoms with Crippen molar-refractivity contribution in [3.63, 3.8) is 0 Å². The first-order valence-corrected chi connectivity index (χ1v) is 9.44. The van der Waals surface area contributed by atoms with Gasteiger partial charge in [-0.3, -0.25) is 19.6 Å². The first-order chi connectivity index (χ1) is 13.0. The summed E-state index contributed by atoms with van der Waals surface area (Å²) in [5.74, 6) is -0.262. The molecule has 1 aromatic carbocycles. The molecule has 1 N–H and O–H groups in total. The molecule has 1 saturated heterocycles. The van der Waals surface area contributed by atoms with E-state index in [1.807, 2.05) is 26.1 Å². The molecule has 2 heterocycles. The summed E-state index contributed by atoms with van der Waals surface area (Å²) >= 11 is 0. The van der Waals surface area contributed by atoms with Crippen molar-refractivity contribution in [3.8, 4) is 0 Å². The second-order valence-corrected chi connectivity index (χ2v) is 7.13. The highest BCUT2D eigenvalue weighted by atomic mass is 19.1. The minimum Gasteiger partial charge on any atom is -0.348 e. The lowest BCUT2D eigenvalue weighted by Gasteiger charge is -2.37. The number of carbonyl (C=O) groups excluding carboxylic acids is 1. The number of hydrogen-bond donors (Lipinski definition) is 1. The average Bonchev–Trinajstić information content (AvgIpc) is 2.69. The van der Waals surface area contributed by atoms with Gasteiger partial charge in [-0.05, 0) is 43.2 Å². The SMILES string of the molecule is C[C@H](NC(=O)[C@H](C)N1CCN(Cc2cccnc2)CC1)c1ccc(F)cc1. The molecule has 0 aliphatic carbocycles. The summed E-state index contributed by atoms with van der Waals surface area (Å²) < 4.78 is 13.1. The van der Waals surface area contributed by atoms with Crippen LogP contribution in [0.25, 0.3) is 0 Å². The zero-order valence-electron chi connectivity index (χ0n) is 15.9. The molecule has 27 heavy (non-hydrogen) atoms. The van der Waals surface area contributed by atoms with Crippen LogP contribution in [0.3, 0.4) is 0 Å². The standard InChI is InChI=1S/C21H27FN4O/c1-16(19-5-7-20(22)8-6-19)24-21(27)17(2)26-12-10-25(11-13-26)15-18-4-3-9-23-14-18/h3-9,14,16-17H,10-13,15H2,1-2H3,(H,24,27)/t16-,17-/m0/s1. The maximum absolute atomic E-state index is 13.1. The average molecular weight is 370 g/mol. The van der Waals surface area contributed by atoms with Crippen LogP contribution in [0.15, 0.2) is 48.8 Å². The van der Waals surface area contributed by atoms with Crippen molar-refractivity contribution in [2.75, 3.05) is 26.2 Å². The zero-order valence-corrected chi connectivity index (χ0v) is 15.9. The van der Waals surface area contributed by atoms with Crippen molar-refractivity contribution < 1.29 is 9.18 Å². The van der Waals surface area contributed by atoms with Crippen molar-refractivity contribution in [3.05, 3.63) is 65.7 Å². The predicted molar refractivity (Wildman–Crippen MR) is 104 cm³/mol. The van der Waals surface area contributed by atoms with Crippen LogP contribution in [-0.2, 0) is 11.3 Å². The Balaban J connectivity index is 1.47. The lowest BCUT2D eigenvalue weighted by atomic mass is 10.1. The van der Waals surface area contributed by atoms with Crippen LogP contribution in [0.5, 0.6) is 0 Å². The lowest BCUT2D eigenvalue weighted by molar-refractivity contribution is -0.127. The fraction of sp³-hybridized carbons (Fsp3) is 0.429. The molecule has 0 spiro atoms. The number of nitrogens with one attached hydrogen (secondary N) is 1. The minimum atomic E-state index is -0.269. The highest BCUT2D eigenvalue weighted by molar-refractivity contribution is 5.81. The van der Waals surface area contributed by atoms with Crippen LogP contribution < -0.4 is 5.32 Å². The van der Waals surface area contributed by atoms with Gasteiger partial charge in [-0.1, -0.05) is 18.2 Å². The third kappa shape index (κ3) is 5.34. The van der Waals surface area contributed by atoms with Gasteiger partial charge >= 0.3 is 0 Å². The number of halogens is 1. The molecule has 2 aromatic rings. The summed E-state index contributed by atoms with van der Waals surface area (Å²) in [5.41, 5.74) is 2.11. The van der Waals surface area contributed by atoms with E-state index in [1.165, 1.54) is 17.7 Å². The molecule has 1 fully saturated rings. The highest BCUT2D eigenvalue weighted by Gasteiger charge is 2.26. The Morgan fingerprint density at radius 1 is 1.15 bits per heavy atom. The molecular weight excluding hydrogens is 343 g/mol. The van der Waals surface area contributed by atoms with E-state index in [2.05, 4.69) is 26.2 Å². The summed E-state index contributed by atoms with van der Waals surface area (Å²) in [6, 6.07) is 9.98. The summed E-state index contributed by atoms with van der Waals surface area (Å²) in [6.07, 6.45) is 3.69. The number of pyridine rings is 1. The molecule has 0 unspecified atom stereocenters. The molecule has 1 aromatic heterocycles. The van der Waals surface area contributed by atoms with E-state index in [-0.39, 0.29) is 23.8 Å². The van der Waals surface area contributed by atoms with Gasteiger partial charge in [-0.25, -0.2) is 4.39 Å². The Kier molecular flexibility index (Phi) is 6.53. The molecule has 3 rings (SSSR count). The fourth-order valence-corrected chi connectivity index (χ4v) is 3.39. The van der Waals surface area contributed by atoms with Crippen molar-refractivity contribution in [1.29, 1.82) is 0 Å². The van der Waals surface area contributed by atoms with Gasteiger partial charge in [-0.2, -0.15) is 0 Å². The van der Waals surface area contributed by atoms with Gasteiger partial charge in [0.25, 0.3) is 0 Å². The van der Waals surface area contributed by atoms with E-state index < -0.39 is 0 Å². The molecule has 2 atom stereocenters. The normalized spacial score (nSPS) is 18.0. The van der Waals surface area contributed by atoms with E-state index in [0.29, 0.717) is 0 Å². The maximum atomic E-state index is 13.1. The number of carbonyl (C=O) groups is 1. The summed E-state index contributed by atoms with van der Waals surface area (Å²) in [5, 5.41) is 3.04. The van der Waals surface area contributed by atoms with Gasteiger partial charge in [0.05, 0.1) is 12.1 Å².